The van der Waals surface area contributed by atoms with Crippen molar-refractivity contribution in [3.63, 3.8) is 0 Å². The second-order valence-corrected chi connectivity index (χ2v) is 5.50. The highest BCUT2D eigenvalue weighted by molar-refractivity contribution is 6.42. The molecule has 0 aliphatic carbocycles. The third-order valence-corrected chi connectivity index (χ3v) is 3.77. The van der Waals surface area contributed by atoms with E-state index < -0.39 is 5.91 Å². The zero-order chi connectivity index (χ0) is 16.8. The number of amides is 1. The van der Waals surface area contributed by atoms with E-state index in [9.17, 15) is 10.1 Å². The highest BCUT2D eigenvalue weighted by Crippen LogP contribution is 2.25. The topological polar surface area (TPSA) is 56.1 Å². The number of carbonyl (C=O) groups is 1. The Kier molecular flexibility index (Phi) is 5.64. The highest BCUT2D eigenvalue weighted by Gasteiger charge is 2.11. The van der Waals surface area contributed by atoms with Crippen molar-refractivity contribution >= 4 is 40.5 Å². The second-order valence-electron chi connectivity index (χ2n) is 4.68. The Balaban J connectivity index is 2.16. The molecule has 0 aromatic heterocycles. The van der Waals surface area contributed by atoms with Crippen LogP contribution >= 0.6 is 23.2 Å². The molecule has 0 saturated heterocycles. The van der Waals surface area contributed by atoms with E-state index in [0.717, 1.165) is 5.69 Å². The molecule has 0 radical (unpaired) electrons. The average Bonchev–Trinajstić information content (AvgIpc) is 2.56. The lowest BCUT2D eigenvalue weighted by Gasteiger charge is -2.14. The third kappa shape index (κ3) is 4.49. The minimum absolute atomic E-state index is 0.0255. The van der Waals surface area contributed by atoms with Gasteiger partial charge < -0.3 is 10.2 Å². The monoisotopic (exact) mass is 345 g/mol. The van der Waals surface area contributed by atoms with Crippen molar-refractivity contribution in [3.05, 3.63) is 70.3 Å². The van der Waals surface area contributed by atoms with Gasteiger partial charge in [0, 0.05) is 24.6 Å². The number of para-hydroxylation sites is 1. The van der Waals surface area contributed by atoms with E-state index in [1.807, 2.05) is 36.4 Å². The quantitative estimate of drug-likeness (QED) is 0.656. The maximum atomic E-state index is 12.2. The van der Waals surface area contributed by atoms with Gasteiger partial charge in [-0.3, -0.25) is 4.79 Å². The first-order valence-corrected chi connectivity index (χ1v) is 7.43. The predicted octanol–water partition coefficient (Wildman–Crippen LogP) is 4.48. The van der Waals surface area contributed by atoms with Crippen LogP contribution in [0.4, 0.5) is 11.4 Å². The Hall–Kier alpha value is -2.48. The summed E-state index contributed by atoms with van der Waals surface area (Å²) in [6, 6.07) is 16.0. The van der Waals surface area contributed by atoms with Gasteiger partial charge in [0.05, 0.1) is 10.0 Å². The molecule has 4 nitrogen and oxygen atoms in total. The van der Waals surface area contributed by atoms with Crippen LogP contribution in [0.15, 0.2) is 60.3 Å². The molecule has 0 aliphatic heterocycles. The first-order valence-electron chi connectivity index (χ1n) is 6.67. The van der Waals surface area contributed by atoms with Crippen molar-refractivity contribution in [3.8, 4) is 6.07 Å². The van der Waals surface area contributed by atoms with Crippen LogP contribution in [0.25, 0.3) is 0 Å². The molecule has 0 fully saturated rings. The van der Waals surface area contributed by atoms with Crippen molar-refractivity contribution in [2.45, 2.75) is 0 Å². The number of nitriles is 1. The van der Waals surface area contributed by atoms with Gasteiger partial charge >= 0.3 is 0 Å². The van der Waals surface area contributed by atoms with Crippen LogP contribution in [-0.4, -0.2) is 13.0 Å². The Morgan fingerprint density at radius 3 is 2.48 bits per heavy atom. The van der Waals surface area contributed by atoms with Crippen molar-refractivity contribution in [2.75, 3.05) is 17.3 Å². The number of halogens is 2. The van der Waals surface area contributed by atoms with Gasteiger partial charge in [-0.15, -0.1) is 0 Å². The maximum absolute atomic E-state index is 12.2. The summed E-state index contributed by atoms with van der Waals surface area (Å²) >= 11 is 11.7. The minimum Gasteiger partial charge on any atom is -0.350 e. The molecular formula is C17H13Cl2N3O. The molecule has 0 aliphatic rings. The van der Waals surface area contributed by atoms with E-state index in [4.69, 9.17) is 23.2 Å². The summed E-state index contributed by atoms with van der Waals surface area (Å²) in [7, 11) is 1.76. The molecule has 0 atom stereocenters. The zero-order valence-electron chi connectivity index (χ0n) is 12.3. The molecule has 0 saturated carbocycles. The number of nitrogens with zero attached hydrogens (tertiary/aromatic N) is 2. The predicted molar refractivity (Wildman–Crippen MR) is 93.6 cm³/mol. The lowest BCUT2D eigenvalue weighted by atomic mass is 10.2. The molecule has 0 spiro atoms. The molecule has 2 aromatic carbocycles. The van der Waals surface area contributed by atoms with Crippen LogP contribution in [0, 0.1) is 11.3 Å². The third-order valence-electron chi connectivity index (χ3n) is 3.03. The van der Waals surface area contributed by atoms with Crippen LogP contribution in [0.1, 0.15) is 0 Å². The Morgan fingerprint density at radius 2 is 1.87 bits per heavy atom. The van der Waals surface area contributed by atoms with Gasteiger partial charge in [0.2, 0.25) is 0 Å². The van der Waals surface area contributed by atoms with Gasteiger partial charge in [0.25, 0.3) is 5.91 Å². The number of hydrogen-bond acceptors (Lipinski definition) is 3. The summed E-state index contributed by atoms with van der Waals surface area (Å²) in [6.45, 7) is 0. The number of nitrogens with one attached hydrogen (secondary N) is 1. The summed E-state index contributed by atoms with van der Waals surface area (Å²) in [6.07, 6.45) is 1.47. The molecule has 0 heterocycles. The van der Waals surface area contributed by atoms with E-state index in [2.05, 4.69) is 5.32 Å². The molecule has 23 heavy (non-hydrogen) atoms. The van der Waals surface area contributed by atoms with Gasteiger partial charge in [-0.1, -0.05) is 41.4 Å². The van der Waals surface area contributed by atoms with Crippen molar-refractivity contribution in [1.82, 2.24) is 0 Å². The number of benzene rings is 2. The molecule has 0 unspecified atom stereocenters. The van der Waals surface area contributed by atoms with Crippen molar-refractivity contribution in [1.29, 1.82) is 5.26 Å². The number of hydrogen-bond donors (Lipinski definition) is 1. The largest absolute Gasteiger partial charge is 0.350 e. The summed E-state index contributed by atoms with van der Waals surface area (Å²) in [5, 5.41) is 12.6. The lowest BCUT2D eigenvalue weighted by Crippen LogP contribution is -2.17. The molecular weight excluding hydrogens is 333 g/mol. The van der Waals surface area contributed by atoms with Gasteiger partial charge in [-0.25, -0.2) is 0 Å². The average molecular weight is 346 g/mol. The fraction of sp³-hybridized carbons (Fsp3) is 0.0588. The molecule has 6 heteroatoms. The summed E-state index contributed by atoms with van der Waals surface area (Å²) in [5.41, 5.74) is 1.30. The zero-order valence-corrected chi connectivity index (χ0v) is 13.8. The fourth-order valence-electron chi connectivity index (χ4n) is 1.84. The normalized spacial score (nSPS) is 10.8. The number of anilines is 2. The first-order chi connectivity index (χ1) is 11.0. The van der Waals surface area contributed by atoms with E-state index in [1.165, 1.54) is 12.3 Å². The van der Waals surface area contributed by atoms with Gasteiger partial charge in [0.15, 0.2) is 0 Å². The van der Waals surface area contributed by atoms with Crippen molar-refractivity contribution in [2.24, 2.45) is 0 Å². The Labute approximate surface area is 144 Å². The molecule has 2 rings (SSSR count). The molecule has 1 amide bonds. The molecule has 2 aromatic rings. The van der Waals surface area contributed by atoms with Crippen LogP contribution in [0.5, 0.6) is 0 Å². The van der Waals surface area contributed by atoms with Gasteiger partial charge in [-0.05, 0) is 30.3 Å². The van der Waals surface area contributed by atoms with E-state index in [0.29, 0.717) is 15.7 Å². The smallest absolute Gasteiger partial charge is 0.267 e. The Morgan fingerprint density at radius 1 is 1.17 bits per heavy atom. The van der Waals surface area contributed by atoms with E-state index >= 15 is 0 Å². The fourth-order valence-corrected chi connectivity index (χ4v) is 2.14. The summed E-state index contributed by atoms with van der Waals surface area (Å²) in [5.74, 6) is -0.520. The molecule has 1 N–H and O–H groups in total. The SMILES string of the molecule is CN(/C=C(/C#N)C(=O)Nc1ccc(Cl)c(Cl)c1)c1ccccc1. The minimum atomic E-state index is -0.520. The standard InChI is InChI=1S/C17H13Cl2N3O/c1-22(14-5-3-2-4-6-14)11-12(10-20)17(23)21-13-7-8-15(18)16(19)9-13/h2-9,11H,1H3,(H,21,23)/b12-11-. The number of rotatable bonds is 4. The van der Waals surface area contributed by atoms with Crippen LogP contribution in [0.3, 0.4) is 0 Å². The first kappa shape index (κ1) is 16.9. The Bertz CT molecular complexity index is 782. The summed E-state index contributed by atoms with van der Waals surface area (Å²) < 4.78 is 0. The van der Waals surface area contributed by atoms with Crippen LogP contribution in [0.2, 0.25) is 10.0 Å². The molecule has 116 valence electrons. The van der Waals surface area contributed by atoms with Gasteiger partial charge in [-0.2, -0.15) is 5.26 Å². The summed E-state index contributed by atoms with van der Waals surface area (Å²) in [4.78, 5) is 13.9. The second kappa shape index (κ2) is 7.68. The van der Waals surface area contributed by atoms with E-state index in [1.54, 1.807) is 24.1 Å². The van der Waals surface area contributed by atoms with Gasteiger partial charge in [0.1, 0.15) is 11.6 Å². The van der Waals surface area contributed by atoms with Crippen LogP contribution < -0.4 is 10.2 Å². The van der Waals surface area contributed by atoms with Crippen molar-refractivity contribution < 1.29 is 4.79 Å². The van der Waals surface area contributed by atoms with Crippen LogP contribution in [-0.2, 0) is 4.79 Å². The molecule has 0 bridgehead atoms. The number of carbonyl (C=O) groups excluding carboxylic acids is 1. The van der Waals surface area contributed by atoms with E-state index in [-0.39, 0.29) is 5.57 Å². The lowest BCUT2D eigenvalue weighted by molar-refractivity contribution is -0.112. The highest BCUT2D eigenvalue weighted by atomic mass is 35.5. The maximum Gasteiger partial charge on any atom is 0.267 e.